The molecular formula is C14H22ClN3O2. The molecule has 1 fully saturated rings. The number of nitrogens with zero attached hydrogens (tertiary/aromatic N) is 2. The van der Waals surface area contributed by atoms with E-state index in [-0.39, 0.29) is 18.1 Å². The van der Waals surface area contributed by atoms with Crippen LogP contribution in [0.4, 0.5) is 0 Å². The average Bonchev–Trinajstić information content (AvgIpc) is 3.01. The van der Waals surface area contributed by atoms with Crippen molar-refractivity contribution in [2.45, 2.75) is 52.2 Å². The Hall–Kier alpha value is -1.07. The Morgan fingerprint density at radius 3 is 2.90 bits per heavy atom. The number of hydrogen-bond donors (Lipinski definition) is 1. The normalized spacial score (nSPS) is 20.1. The van der Waals surface area contributed by atoms with Gasteiger partial charge >= 0.3 is 0 Å². The van der Waals surface area contributed by atoms with Crippen molar-refractivity contribution in [2.24, 2.45) is 0 Å². The lowest BCUT2D eigenvalue weighted by Crippen LogP contribution is -2.33. The number of aromatic nitrogens is 2. The van der Waals surface area contributed by atoms with Gasteiger partial charge in [-0.05, 0) is 33.6 Å². The Bertz CT molecular complexity index is 481. The fraction of sp³-hybridized carbons (Fsp3) is 0.714. The van der Waals surface area contributed by atoms with Crippen LogP contribution in [0.1, 0.15) is 43.6 Å². The number of rotatable bonds is 5. The molecule has 2 rings (SSSR count). The summed E-state index contributed by atoms with van der Waals surface area (Å²) in [5, 5.41) is 7.99. The molecule has 1 aliphatic rings. The van der Waals surface area contributed by atoms with Crippen LogP contribution in [-0.4, -0.2) is 34.9 Å². The van der Waals surface area contributed by atoms with E-state index < -0.39 is 0 Å². The minimum Gasteiger partial charge on any atom is -0.376 e. The van der Waals surface area contributed by atoms with Gasteiger partial charge in [-0.15, -0.1) is 0 Å². The van der Waals surface area contributed by atoms with Crippen LogP contribution in [0.15, 0.2) is 0 Å². The standard InChI is InChI=1S/C14H22ClN3O2/c1-9(18-11(3)14(15)10(2)17-18)7-13(19)16-8-12-5-4-6-20-12/h9,12H,4-8H2,1-3H3,(H,16,19)/t9-,12-/m0/s1. The van der Waals surface area contributed by atoms with Crippen molar-refractivity contribution in [1.29, 1.82) is 0 Å². The molecule has 0 aromatic carbocycles. The molecule has 0 spiro atoms. The van der Waals surface area contributed by atoms with Gasteiger partial charge in [-0.25, -0.2) is 0 Å². The minimum atomic E-state index is -0.00861. The van der Waals surface area contributed by atoms with Crippen LogP contribution in [0.25, 0.3) is 0 Å². The van der Waals surface area contributed by atoms with Gasteiger partial charge in [0.25, 0.3) is 0 Å². The lowest BCUT2D eigenvalue weighted by molar-refractivity contribution is -0.122. The lowest BCUT2D eigenvalue weighted by Gasteiger charge is -2.15. The molecule has 1 aromatic heterocycles. The Morgan fingerprint density at radius 2 is 2.35 bits per heavy atom. The molecular weight excluding hydrogens is 278 g/mol. The highest BCUT2D eigenvalue weighted by atomic mass is 35.5. The molecule has 0 bridgehead atoms. The van der Waals surface area contributed by atoms with E-state index in [0.717, 1.165) is 30.8 Å². The molecule has 6 heteroatoms. The van der Waals surface area contributed by atoms with Gasteiger partial charge in [0.15, 0.2) is 0 Å². The van der Waals surface area contributed by atoms with E-state index in [1.165, 1.54) is 0 Å². The summed E-state index contributed by atoms with van der Waals surface area (Å²) in [5.41, 5.74) is 1.71. The summed E-state index contributed by atoms with van der Waals surface area (Å²) in [6.07, 6.45) is 2.69. The highest BCUT2D eigenvalue weighted by Crippen LogP contribution is 2.23. The molecule has 1 aromatic rings. The van der Waals surface area contributed by atoms with Crippen molar-refractivity contribution in [2.75, 3.05) is 13.2 Å². The van der Waals surface area contributed by atoms with E-state index in [2.05, 4.69) is 10.4 Å². The van der Waals surface area contributed by atoms with Crippen LogP contribution in [0.2, 0.25) is 5.02 Å². The van der Waals surface area contributed by atoms with E-state index in [4.69, 9.17) is 16.3 Å². The van der Waals surface area contributed by atoms with Crippen LogP contribution in [0.3, 0.4) is 0 Å². The predicted molar refractivity (Wildman–Crippen MR) is 78.0 cm³/mol. The molecule has 1 amide bonds. The first-order valence-electron chi connectivity index (χ1n) is 7.08. The molecule has 0 aliphatic carbocycles. The van der Waals surface area contributed by atoms with Crippen molar-refractivity contribution in [3.63, 3.8) is 0 Å². The fourth-order valence-corrected chi connectivity index (χ4v) is 2.66. The van der Waals surface area contributed by atoms with E-state index in [0.29, 0.717) is 18.0 Å². The SMILES string of the molecule is Cc1nn([C@@H](C)CC(=O)NC[C@@H]2CCCO2)c(C)c1Cl. The summed E-state index contributed by atoms with van der Waals surface area (Å²) in [7, 11) is 0. The summed E-state index contributed by atoms with van der Waals surface area (Å²) >= 11 is 6.13. The molecule has 0 saturated carbocycles. The van der Waals surface area contributed by atoms with E-state index in [1.54, 1.807) is 0 Å². The molecule has 1 aliphatic heterocycles. The molecule has 2 heterocycles. The third kappa shape index (κ3) is 3.52. The highest BCUT2D eigenvalue weighted by molar-refractivity contribution is 6.31. The smallest absolute Gasteiger partial charge is 0.222 e. The Labute approximate surface area is 124 Å². The third-order valence-electron chi connectivity index (χ3n) is 3.69. The number of carbonyl (C=O) groups is 1. The van der Waals surface area contributed by atoms with Gasteiger partial charge in [0, 0.05) is 19.6 Å². The largest absolute Gasteiger partial charge is 0.376 e. The quantitative estimate of drug-likeness (QED) is 0.908. The molecule has 1 N–H and O–H groups in total. The number of halogens is 1. The molecule has 20 heavy (non-hydrogen) atoms. The molecule has 2 atom stereocenters. The van der Waals surface area contributed by atoms with Gasteiger partial charge in [0.2, 0.25) is 5.91 Å². The summed E-state index contributed by atoms with van der Waals surface area (Å²) in [5.74, 6) is 0.0247. The Balaban J connectivity index is 1.85. The zero-order valence-corrected chi connectivity index (χ0v) is 13.0. The summed E-state index contributed by atoms with van der Waals surface area (Å²) < 4.78 is 7.30. The van der Waals surface area contributed by atoms with Crippen molar-refractivity contribution < 1.29 is 9.53 Å². The zero-order valence-electron chi connectivity index (χ0n) is 12.3. The van der Waals surface area contributed by atoms with Gasteiger partial charge in [0.05, 0.1) is 28.6 Å². The lowest BCUT2D eigenvalue weighted by atomic mass is 10.2. The second-order valence-electron chi connectivity index (χ2n) is 5.42. The van der Waals surface area contributed by atoms with Crippen LogP contribution in [0.5, 0.6) is 0 Å². The predicted octanol–water partition coefficient (Wildman–Crippen LogP) is 2.40. The number of aryl methyl sites for hydroxylation is 1. The number of carbonyl (C=O) groups excluding carboxylic acids is 1. The topological polar surface area (TPSA) is 56.2 Å². The van der Waals surface area contributed by atoms with E-state index in [9.17, 15) is 4.79 Å². The van der Waals surface area contributed by atoms with Gasteiger partial charge in [-0.3, -0.25) is 9.48 Å². The van der Waals surface area contributed by atoms with Crippen LogP contribution >= 0.6 is 11.6 Å². The second-order valence-corrected chi connectivity index (χ2v) is 5.80. The van der Waals surface area contributed by atoms with E-state index in [1.807, 2.05) is 25.5 Å². The van der Waals surface area contributed by atoms with Crippen LogP contribution in [-0.2, 0) is 9.53 Å². The second kappa shape index (κ2) is 6.59. The maximum absolute atomic E-state index is 11.9. The van der Waals surface area contributed by atoms with Gasteiger partial charge in [-0.1, -0.05) is 11.6 Å². The highest BCUT2D eigenvalue weighted by Gasteiger charge is 2.19. The number of ether oxygens (including phenoxy) is 1. The first-order chi connectivity index (χ1) is 9.49. The Kier molecular flexibility index (Phi) is 5.05. The van der Waals surface area contributed by atoms with Gasteiger partial charge < -0.3 is 10.1 Å². The molecule has 0 unspecified atom stereocenters. The number of hydrogen-bond acceptors (Lipinski definition) is 3. The van der Waals surface area contributed by atoms with Crippen LogP contribution < -0.4 is 5.32 Å². The first-order valence-corrected chi connectivity index (χ1v) is 7.46. The Morgan fingerprint density at radius 1 is 1.60 bits per heavy atom. The fourth-order valence-electron chi connectivity index (χ4n) is 2.53. The maximum atomic E-state index is 11.9. The maximum Gasteiger partial charge on any atom is 0.222 e. The number of amides is 1. The minimum absolute atomic E-state index is 0.00861. The number of nitrogens with one attached hydrogen (secondary N) is 1. The van der Waals surface area contributed by atoms with Crippen LogP contribution in [0, 0.1) is 13.8 Å². The summed E-state index contributed by atoms with van der Waals surface area (Å²) in [4.78, 5) is 11.9. The summed E-state index contributed by atoms with van der Waals surface area (Å²) in [6.45, 7) is 7.17. The molecule has 5 nitrogen and oxygen atoms in total. The van der Waals surface area contributed by atoms with Crippen molar-refractivity contribution >= 4 is 17.5 Å². The zero-order chi connectivity index (χ0) is 14.7. The molecule has 0 radical (unpaired) electrons. The van der Waals surface area contributed by atoms with Crippen molar-refractivity contribution in [3.8, 4) is 0 Å². The monoisotopic (exact) mass is 299 g/mol. The summed E-state index contributed by atoms with van der Waals surface area (Å²) in [6, 6.07) is -0.00861. The van der Waals surface area contributed by atoms with E-state index >= 15 is 0 Å². The van der Waals surface area contributed by atoms with Gasteiger partial charge in [0.1, 0.15) is 0 Å². The van der Waals surface area contributed by atoms with Crippen molar-refractivity contribution in [1.82, 2.24) is 15.1 Å². The third-order valence-corrected chi connectivity index (χ3v) is 4.23. The first kappa shape index (κ1) is 15.3. The van der Waals surface area contributed by atoms with Crippen molar-refractivity contribution in [3.05, 3.63) is 16.4 Å². The molecule has 112 valence electrons. The average molecular weight is 300 g/mol. The molecule has 1 saturated heterocycles. The van der Waals surface area contributed by atoms with Gasteiger partial charge in [-0.2, -0.15) is 5.10 Å².